The molecular weight excluding hydrogens is 263 g/mol. The zero-order valence-electron chi connectivity index (χ0n) is 7.78. The fraction of sp³-hybridized carbons (Fsp3) is 1.00. The van der Waals surface area contributed by atoms with Crippen LogP contribution in [0.4, 0.5) is 0 Å². The molecule has 0 saturated carbocycles. The Morgan fingerprint density at radius 1 is 0.917 bits per heavy atom. The summed E-state index contributed by atoms with van der Waals surface area (Å²) >= 11 is 0. The van der Waals surface area contributed by atoms with Gasteiger partial charge in [0.15, 0.2) is 0 Å². The molecule has 0 saturated heterocycles. The zero-order valence-corrected chi connectivity index (χ0v) is 10.5. The Hall–Kier alpha value is 0.680. The van der Waals surface area contributed by atoms with Crippen LogP contribution in [0.25, 0.3) is 0 Å². The zero-order chi connectivity index (χ0) is 8.74. The molecule has 0 radical (unpaired) electrons. The summed E-state index contributed by atoms with van der Waals surface area (Å²) in [7, 11) is -2.75. The van der Waals surface area contributed by atoms with Gasteiger partial charge < -0.3 is 13.3 Å². The molecule has 2 N–H and O–H groups in total. The van der Waals surface area contributed by atoms with Crippen molar-refractivity contribution in [2.75, 3.05) is 19.8 Å². The van der Waals surface area contributed by atoms with Gasteiger partial charge in [0.25, 0.3) is 0 Å². The second kappa shape index (κ2) is 8.29. The van der Waals surface area contributed by atoms with Gasteiger partial charge in [-0.25, -0.2) is 0 Å². The van der Waals surface area contributed by atoms with E-state index < -0.39 is 8.97 Å². The number of rotatable bonds is 6. The molecule has 0 aromatic heterocycles. The van der Waals surface area contributed by atoms with Gasteiger partial charge in [-0.2, -0.15) is 0 Å². The summed E-state index contributed by atoms with van der Waals surface area (Å²) < 4.78 is 15.5. The van der Waals surface area contributed by atoms with E-state index in [0.29, 0.717) is 19.8 Å². The minimum Gasteiger partial charge on any atom is -0.362 e. The van der Waals surface area contributed by atoms with Gasteiger partial charge in [-0.15, -0.1) is 0 Å². The van der Waals surface area contributed by atoms with Gasteiger partial charge in [-0.1, -0.05) is 0 Å². The average Bonchev–Trinajstić information content (AvgIpc) is 1.88. The van der Waals surface area contributed by atoms with E-state index in [1.807, 2.05) is 20.8 Å². The van der Waals surface area contributed by atoms with Gasteiger partial charge in [0.05, 0.1) is 0 Å². The standard InChI is InChI=1S/C6H17NO3Si.Ru/c1-4-8-11(7,9-5-2)10-6-3;/h4-7H2,1-3H3;. The number of nitrogens with two attached hydrogens (primary N) is 1. The van der Waals surface area contributed by atoms with Crippen LogP contribution in [0.3, 0.4) is 0 Å². The van der Waals surface area contributed by atoms with E-state index in [9.17, 15) is 0 Å². The number of hydrogen-bond acceptors (Lipinski definition) is 4. The molecule has 0 atom stereocenters. The molecule has 0 amide bonds. The smallest absolute Gasteiger partial charge is 0.362 e. The molecule has 0 aliphatic carbocycles. The largest absolute Gasteiger partial charge is 0.594 e. The summed E-state index contributed by atoms with van der Waals surface area (Å²) in [5.41, 5.74) is 0. The maximum atomic E-state index is 5.70. The molecule has 0 bridgehead atoms. The van der Waals surface area contributed by atoms with Crippen molar-refractivity contribution < 1.29 is 32.8 Å². The number of hydrogen-bond donors (Lipinski definition) is 1. The van der Waals surface area contributed by atoms with Crippen LogP contribution in [0.2, 0.25) is 0 Å². The molecule has 0 aliphatic rings. The molecule has 0 unspecified atom stereocenters. The van der Waals surface area contributed by atoms with Crippen LogP contribution in [-0.4, -0.2) is 28.8 Å². The molecule has 0 spiro atoms. The molecule has 76 valence electrons. The van der Waals surface area contributed by atoms with Gasteiger partial charge in [-0.3, -0.25) is 5.40 Å². The SMILES string of the molecule is CCO[Si](N)(OCC)OCC.[Ru]. The Kier molecular flexibility index (Phi) is 10.5. The van der Waals surface area contributed by atoms with Gasteiger partial charge in [0, 0.05) is 39.3 Å². The second-order valence-electron chi connectivity index (χ2n) is 1.90. The molecule has 0 aromatic carbocycles. The van der Waals surface area contributed by atoms with Crippen LogP contribution >= 0.6 is 0 Å². The fourth-order valence-corrected chi connectivity index (χ4v) is 2.19. The van der Waals surface area contributed by atoms with E-state index >= 15 is 0 Å². The normalized spacial score (nSPS) is 11.0. The quantitative estimate of drug-likeness (QED) is 0.719. The van der Waals surface area contributed by atoms with Crippen molar-refractivity contribution in [1.29, 1.82) is 0 Å². The third kappa shape index (κ3) is 6.22. The van der Waals surface area contributed by atoms with Gasteiger partial charge in [-0.05, 0) is 20.8 Å². The van der Waals surface area contributed by atoms with Crippen LogP contribution in [0.5, 0.6) is 0 Å². The monoisotopic (exact) mass is 281 g/mol. The van der Waals surface area contributed by atoms with E-state index in [1.54, 1.807) is 0 Å². The van der Waals surface area contributed by atoms with Crippen molar-refractivity contribution in [3.05, 3.63) is 0 Å². The first-order valence-electron chi connectivity index (χ1n) is 3.89. The molecule has 0 fully saturated rings. The van der Waals surface area contributed by atoms with E-state index in [0.717, 1.165) is 0 Å². The minimum atomic E-state index is -2.75. The summed E-state index contributed by atoms with van der Waals surface area (Å²) in [4.78, 5) is 0. The Labute approximate surface area is 88.0 Å². The Morgan fingerprint density at radius 3 is 1.33 bits per heavy atom. The van der Waals surface area contributed by atoms with Gasteiger partial charge in [0.1, 0.15) is 0 Å². The summed E-state index contributed by atoms with van der Waals surface area (Å²) in [5.74, 6) is 0. The molecule has 6 heteroatoms. The fourth-order valence-electron chi connectivity index (χ4n) is 0.729. The predicted octanol–water partition coefficient (Wildman–Crippen LogP) is 0.488. The van der Waals surface area contributed by atoms with Crippen molar-refractivity contribution >= 4 is 8.97 Å². The average molecular weight is 280 g/mol. The van der Waals surface area contributed by atoms with Crippen LogP contribution in [0.15, 0.2) is 0 Å². The Balaban J connectivity index is 0. The summed E-state index contributed by atoms with van der Waals surface area (Å²) in [6.07, 6.45) is 0. The minimum absolute atomic E-state index is 0. The maximum Gasteiger partial charge on any atom is 0.594 e. The molecule has 0 rings (SSSR count). The third-order valence-electron chi connectivity index (χ3n) is 1.04. The van der Waals surface area contributed by atoms with Gasteiger partial charge in [0.2, 0.25) is 0 Å². The summed E-state index contributed by atoms with van der Waals surface area (Å²) in [5, 5.41) is 5.70. The van der Waals surface area contributed by atoms with Crippen molar-refractivity contribution in [3.63, 3.8) is 0 Å². The molecule has 0 aliphatic heterocycles. The first kappa shape index (κ1) is 15.2. The van der Waals surface area contributed by atoms with Crippen LogP contribution in [0, 0.1) is 0 Å². The van der Waals surface area contributed by atoms with E-state index in [1.165, 1.54) is 0 Å². The topological polar surface area (TPSA) is 53.7 Å². The summed E-state index contributed by atoms with van der Waals surface area (Å²) in [6.45, 7) is 7.19. The molecule has 0 heterocycles. The van der Waals surface area contributed by atoms with Crippen LogP contribution < -0.4 is 5.40 Å². The molecule has 0 aromatic rings. The first-order chi connectivity index (χ1) is 5.18. The molecular formula is C6H17NO3RuSi. The summed E-state index contributed by atoms with van der Waals surface area (Å²) in [6, 6.07) is 0. The van der Waals surface area contributed by atoms with E-state index in [2.05, 4.69) is 0 Å². The maximum absolute atomic E-state index is 5.70. The van der Waals surface area contributed by atoms with Crippen LogP contribution in [-0.2, 0) is 32.8 Å². The van der Waals surface area contributed by atoms with E-state index in [-0.39, 0.29) is 19.5 Å². The van der Waals surface area contributed by atoms with Crippen molar-refractivity contribution in [2.45, 2.75) is 20.8 Å². The molecule has 4 nitrogen and oxygen atoms in total. The first-order valence-corrected chi connectivity index (χ1v) is 5.69. The van der Waals surface area contributed by atoms with Crippen LogP contribution in [0.1, 0.15) is 20.8 Å². The predicted molar refractivity (Wildman–Crippen MR) is 44.8 cm³/mol. The van der Waals surface area contributed by atoms with E-state index in [4.69, 9.17) is 18.7 Å². The van der Waals surface area contributed by atoms with Crippen molar-refractivity contribution in [1.82, 2.24) is 0 Å². The van der Waals surface area contributed by atoms with Crippen molar-refractivity contribution in [2.24, 2.45) is 5.40 Å². The molecule has 12 heavy (non-hydrogen) atoms. The second-order valence-corrected chi connectivity index (χ2v) is 3.98. The van der Waals surface area contributed by atoms with Crippen molar-refractivity contribution in [3.8, 4) is 0 Å². The van der Waals surface area contributed by atoms with Gasteiger partial charge >= 0.3 is 8.97 Å². The Morgan fingerprint density at radius 2 is 1.17 bits per heavy atom. The Bertz CT molecular complexity index is 89.8. The third-order valence-corrected chi connectivity index (χ3v) is 3.11.